The predicted molar refractivity (Wildman–Crippen MR) is 105 cm³/mol. The number of H-pyrrole nitrogens is 2. The summed E-state index contributed by atoms with van der Waals surface area (Å²) in [5.41, 5.74) is 3.12. The molecule has 1 saturated carbocycles. The van der Waals surface area contributed by atoms with Gasteiger partial charge < -0.3 is 5.32 Å². The Morgan fingerprint density at radius 3 is 2.72 bits per heavy atom. The maximum absolute atomic E-state index is 12.6. The van der Waals surface area contributed by atoms with Gasteiger partial charge in [0.05, 0.1) is 0 Å². The molecule has 0 bridgehead atoms. The van der Waals surface area contributed by atoms with Crippen molar-refractivity contribution in [3.63, 3.8) is 0 Å². The zero-order valence-electron chi connectivity index (χ0n) is 15.5. The van der Waals surface area contributed by atoms with Gasteiger partial charge in [0.1, 0.15) is 5.82 Å². The number of amides is 1. The first-order valence-electron chi connectivity index (χ1n) is 9.40. The second-order valence-corrected chi connectivity index (χ2v) is 7.06. The van der Waals surface area contributed by atoms with E-state index in [0.717, 1.165) is 17.0 Å². The van der Waals surface area contributed by atoms with Gasteiger partial charge in [-0.2, -0.15) is 10.3 Å². The van der Waals surface area contributed by atoms with Gasteiger partial charge in [-0.3, -0.25) is 9.89 Å². The van der Waals surface area contributed by atoms with Gasteiger partial charge in [-0.05, 0) is 54.8 Å². The number of nitrogens with one attached hydrogen (secondary N) is 3. The molecule has 0 saturated heterocycles. The topological polar surface area (TPSA) is 125 Å². The molecular formula is C20H18N8O. The minimum atomic E-state index is -0.179. The molecular weight excluding hydrogens is 368 g/mol. The molecule has 0 spiro atoms. The Labute approximate surface area is 166 Å². The van der Waals surface area contributed by atoms with Crippen LogP contribution in [0, 0.1) is 0 Å². The minimum absolute atomic E-state index is 0.179. The number of carbonyl (C=O) groups excluding carboxylic acids is 1. The van der Waals surface area contributed by atoms with Crippen LogP contribution in [0.3, 0.4) is 0 Å². The van der Waals surface area contributed by atoms with Gasteiger partial charge in [0.15, 0.2) is 11.6 Å². The lowest BCUT2D eigenvalue weighted by molar-refractivity contribution is 0.102. The SMILES string of the molecule is O=C(Nc1ccc(-c2n[nH]c(C3CC3)n2)cc1)c1cccc(Cc2nn[nH]n2)c1. The van der Waals surface area contributed by atoms with Gasteiger partial charge in [0, 0.05) is 29.2 Å². The lowest BCUT2D eigenvalue weighted by Crippen LogP contribution is -2.12. The van der Waals surface area contributed by atoms with Crippen molar-refractivity contribution in [3.05, 3.63) is 71.3 Å². The minimum Gasteiger partial charge on any atom is -0.322 e. The zero-order chi connectivity index (χ0) is 19.6. The molecule has 0 aliphatic heterocycles. The quantitative estimate of drug-likeness (QED) is 0.468. The number of benzene rings is 2. The van der Waals surface area contributed by atoms with E-state index in [4.69, 9.17) is 0 Å². The molecule has 1 amide bonds. The molecule has 2 aromatic heterocycles. The van der Waals surface area contributed by atoms with Crippen molar-refractivity contribution in [2.75, 3.05) is 5.32 Å². The van der Waals surface area contributed by atoms with Crippen LogP contribution in [0.5, 0.6) is 0 Å². The fraction of sp³-hybridized carbons (Fsp3) is 0.200. The molecule has 5 rings (SSSR count). The highest BCUT2D eigenvalue weighted by atomic mass is 16.1. The average Bonchev–Trinajstić information content (AvgIpc) is 3.24. The maximum Gasteiger partial charge on any atom is 0.255 e. The molecule has 0 unspecified atom stereocenters. The molecule has 144 valence electrons. The van der Waals surface area contributed by atoms with E-state index in [1.165, 1.54) is 12.8 Å². The van der Waals surface area contributed by atoms with Gasteiger partial charge >= 0.3 is 0 Å². The number of hydrogen-bond acceptors (Lipinski definition) is 6. The summed E-state index contributed by atoms with van der Waals surface area (Å²) in [7, 11) is 0. The Morgan fingerprint density at radius 1 is 1.10 bits per heavy atom. The van der Waals surface area contributed by atoms with Crippen molar-refractivity contribution >= 4 is 11.6 Å². The van der Waals surface area contributed by atoms with E-state index in [1.54, 1.807) is 6.07 Å². The Balaban J connectivity index is 1.26. The molecule has 2 heterocycles. The molecule has 1 aliphatic rings. The molecule has 29 heavy (non-hydrogen) atoms. The second-order valence-electron chi connectivity index (χ2n) is 7.06. The third-order valence-electron chi connectivity index (χ3n) is 4.81. The lowest BCUT2D eigenvalue weighted by Gasteiger charge is -2.07. The number of hydrogen-bond donors (Lipinski definition) is 3. The molecule has 0 radical (unpaired) electrons. The number of carbonyl (C=O) groups is 1. The fourth-order valence-corrected chi connectivity index (χ4v) is 3.11. The third kappa shape index (κ3) is 3.88. The Bertz CT molecular complexity index is 1130. The van der Waals surface area contributed by atoms with Crippen molar-refractivity contribution in [1.29, 1.82) is 0 Å². The number of tetrazole rings is 1. The van der Waals surface area contributed by atoms with Crippen LogP contribution >= 0.6 is 0 Å². The van der Waals surface area contributed by atoms with Crippen molar-refractivity contribution in [3.8, 4) is 11.4 Å². The molecule has 9 heteroatoms. The van der Waals surface area contributed by atoms with Gasteiger partial charge in [0.2, 0.25) is 0 Å². The molecule has 9 nitrogen and oxygen atoms in total. The van der Waals surface area contributed by atoms with Gasteiger partial charge in [-0.25, -0.2) is 4.98 Å². The lowest BCUT2D eigenvalue weighted by atomic mass is 10.1. The maximum atomic E-state index is 12.6. The normalized spacial score (nSPS) is 13.4. The Kier molecular flexibility index (Phi) is 4.32. The van der Waals surface area contributed by atoms with E-state index >= 15 is 0 Å². The molecule has 0 atom stereocenters. The zero-order valence-corrected chi connectivity index (χ0v) is 15.5. The summed E-state index contributed by atoms with van der Waals surface area (Å²) in [6.45, 7) is 0. The highest BCUT2D eigenvalue weighted by Crippen LogP contribution is 2.38. The molecule has 3 N–H and O–H groups in total. The Hall–Kier alpha value is -3.88. The first-order chi connectivity index (χ1) is 14.2. The van der Waals surface area contributed by atoms with E-state index < -0.39 is 0 Å². The van der Waals surface area contributed by atoms with Crippen LogP contribution in [0.25, 0.3) is 11.4 Å². The fourth-order valence-electron chi connectivity index (χ4n) is 3.11. The van der Waals surface area contributed by atoms with Crippen LogP contribution < -0.4 is 5.32 Å². The van der Waals surface area contributed by atoms with Crippen molar-refractivity contribution in [2.45, 2.75) is 25.2 Å². The van der Waals surface area contributed by atoms with Crippen LogP contribution in [0.15, 0.2) is 48.5 Å². The van der Waals surface area contributed by atoms with Crippen LogP contribution in [-0.2, 0) is 6.42 Å². The summed E-state index contributed by atoms with van der Waals surface area (Å²) in [6.07, 6.45) is 2.86. The summed E-state index contributed by atoms with van der Waals surface area (Å²) in [5.74, 6) is 2.57. The number of nitrogens with zero attached hydrogens (tertiary/aromatic N) is 5. The van der Waals surface area contributed by atoms with Gasteiger partial charge in [0.25, 0.3) is 5.91 Å². The smallest absolute Gasteiger partial charge is 0.255 e. The van der Waals surface area contributed by atoms with E-state index in [-0.39, 0.29) is 5.91 Å². The van der Waals surface area contributed by atoms with Crippen LogP contribution in [0.4, 0.5) is 5.69 Å². The highest BCUT2D eigenvalue weighted by molar-refractivity contribution is 6.04. The third-order valence-corrected chi connectivity index (χ3v) is 4.81. The molecule has 1 fully saturated rings. The first-order valence-corrected chi connectivity index (χ1v) is 9.40. The number of aromatic nitrogens is 7. The number of rotatable bonds is 6. The predicted octanol–water partition coefficient (Wildman–Crippen LogP) is 2.71. The van der Waals surface area contributed by atoms with E-state index in [9.17, 15) is 4.79 Å². The van der Waals surface area contributed by atoms with E-state index in [2.05, 4.69) is 41.1 Å². The van der Waals surface area contributed by atoms with Crippen LogP contribution in [-0.4, -0.2) is 41.7 Å². The van der Waals surface area contributed by atoms with Crippen LogP contribution in [0.1, 0.15) is 46.3 Å². The first kappa shape index (κ1) is 17.2. The van der Waals surface area contributed by atoms with E-state index in [0.29, 0.717) is 35.2 Å². The average molecular weight is 386 g/mol. The summed E-state index contributed by atoms with van der Waals surface area (Å²) in [4.78, 5) is 17.2. The Morgan fingerprint density at radius 2 is 1.97 bits per heavy atom. The molecule has 2 aromatic carbocycles. The summed E-state index contributed by atoms with van der Waals surface area (Å²) in [5, 5.41) is 24.1. The summed E-state index contributed by atoms with van der Waals surface area (Å²) in [6, 6.07) is 14.9. The van der Waals surface area contributed by atoms with E-state index in [1.807, 2.05) is 42.5 Å². The molecule has 4 aromatic rings. The summed E-state index contributed by atoms with van der Waals surface area (Å²) < 4.78 is 0. The monoisotopic (exact) mass is 386 g/mol. The van der Waals surface area contributed by atoms with Gasteiger partial charge in [-0.15, -0.1) is 10.2 Å². The van der Waals surface area contributed by atoms with Crippen molar-refractivity contribution < 1.29 is 4.79 Å². The number of anilines is 1. The van der Waals surface area contributed by atoms with Gasteiger partial charge in [-0.1, -0.05) is 17.3 Å². The summed E-state index contributed by atoms with van der Waals surface area (Å²) >= 11 is 0. The second kappa shape index (κ2) is 7.27. The largest absolute Gasteiger partial charge is 0.322 e. The van der Waals surface area contributed by atoms with Crippen molar-refractivity contribution in [1.82, 2.24) is 35.8 Å². The highest BCUT2D eigenvalue weighted by Gasteiger charge is 2.27. The number of aromatic amines is 2. The van der Waals surface area contributed by atoms with Crippen LogP contribution in [0.2, 0.25) is 0 Å². The van der Waals surface area contributed by atoms with Crippen molar-refractivity contribution in [2.24, 2.45) is 0 Å². The molecule has 1 aliphatic carbocycles. The standard InChI is InChI=1S/C20H18N8O/c29-20(15-3-1-2-12(10-15)11-17-23-27-28-24-17)21-16-8-6-14(7-9-16)19-22-18(25-26-19)13-4-5-13/h1-3,6-10,13H,4-5,11H2,(H,21,29)(H,22,25,26)(H,23,24,27,28).